The average molecular weight is 459 g/mol. The zero-order valence-corrected chi connectivity index (χ0v) is 19.2. The van der Waals surface area contributed by atoms with Crippen molar-refractivity contribution in [2.45, 2.75) is 43.9 Å². The first-order valence-corrected chi connectivity index (χ1v) is 11.8. The van der Waals surface area contributed by atoms with Crippen LogP contribution in [0.2, 0.25) is 0 Å². The highest BCUT2D eigenvalue weighted by atomic mass is 16.5. The van der Waals surface area contributed by atoms with E-state index in [1.807, 2.05) is 60.8 Å². The van der Waals surface area contributed by atoms with E-state index in [0.717, 1.165) is 42.4 Å². The molecule has 1 amide bonds. The summed E-state index contributed by atoms with van der Waals surface area (Å²) < 4.78 is 5.51. The number of carbonyl (C=O) groups is 2. The molecule has 0 saturated heterocycles. The molecule has 0 aliphatic heterocycles. The Morgan fingerprint density at radius 1 is 1.06 bits per heavy atom. The molecule has 2 aromatic carbocycles. The number of aromatic nitrogens is 1. The van der Waals surface area contributed by atoms with Crippen molar-refractivity contribution in [2.24, 2.45) is 0 Å². The number of nitrogens with one attached hydrogen (secondary N) is 1. The van der Waals surface area contributed by atoms with Gasteiger partial charge in [-0.05, 0) is 66.0 Å². The smallest absolute Gasteiger partial charge is 0.341 e. The molecular weight excluding hydrogens is 428 g/mol. The van der Waals surface area contributed by atoms with Gasteiger partial charge in [-0.25, -0.2) is 4.79 Å². The van der Waals surface area contributed by atoms with Crippen LogP contribution in [0.4, 0.5) is 0 Å². The van der Waals surface area contributed by atoms with Crippen LogP contribution in [-0.2, 0) is 16.0 Å². The number of hydrogen-bond acceptors (Lipinski definition) is 4. The second-order valence-electron chi connectivity index (χ2n) is 8.69. The van der Waals surface area contributed by atoms with Crippen LogP contribution < -0.4 is 10.1 Å². The van der Waals surface area contributed by atoms with E-state index >= 15 is 0 Å². The molecule has 2 atom stereocenters. The first-order chi connectivity index (χ1) is 16.6. The number of rotatable bonds is 10. The summed E-state index contributed by atoms with van der Waals surface area (Å²) in [7, 11) is 0. The van der Waals surface area contributed by atoms with Crippen molar-refractivity contribution >= 4 is 11.9 Å². The number of benzene rings is 2. The summed E-state index contributed by atoms with van der Waals surface area (Å²) in [5, 5.41) is 12.1. The van der Waals surface area contributed by atoms with Gasteiger partial charge in [-0.15, -0.1) is 0 Å². The molecule has 34 heavy (non-hydrogen) atoms. The standard InChI is InChI=1S/C28H30N2O4/c31-27(17-25(20-7-2-1-3-8-20)22-10-6-15-29-18-22)30-16-14-21-9-4-12-24-23(21)11-5-13-26(24)34-19-28(32)33/h1-3,5-8,10-11,13,15,18,21,25H,4,9,12,14,16-17,19H2,(H,30,31)(H,32,33). The fourth-order valence-electron chi connectivity index (χ4n) is 4.83. The van der Waals surface area contributed by atoms with Gasteiger partial charge in [-0.2, -0.15) is 0 Å². The highest BCUT2D eigenvalue weighted by Gasteiger charge is 2.24. The van der Waals surface area contributed by atoms with Crippen LogP contribution >= 0.6 is 0 Å². The first-order valence-electron chi connectivity index (χ1n) is 11.8. The number of ether oxygens (including phenoxy) is 1. The summed E-state index contributed by atoms with van der Waals surface area (Å²) in [6.45, 7) is 0.258. The summed E-state index contributed by atoms with van der Waals surface area (Å²) in [5.41, 5.74) is 4.44. The SMILES string of the molecule is O=C(O)COc1cccc2c1CCCC2CCNC(=O)CC(c1ccccc1)c1cccnc1. The van der Waals surface area contributed by atoms with Gasteiger partial charge in [0.1, 0.15) is 5.75 Å². The Balaban J connectivity index is 1.37. The van der Waals surface area contributed by atoms with Crippen LogP contribution in [0.15, 0.2) is 73.1 Å². The van der Waals surface area contributed by atoms with E-state index in [0.29, 0.717) is 24.6 Å². The third-order valence-corrected chi connectivity index (χ3v) is 6.43. The van der Waals surface area contributed by atoms with Crippen LogP contribution in [0, 0.1) is 0 Å². The molecule has 4 rings (SSSR count). The molecule has 2 N–H and O–H groups in total. The maximum Gasteiger partial charge on any atom is 0.341 e. The number of carbonyl (C=O) groups excluding carboxylic acids is 1. The van der Waals surface area contributed by atoms with Crippen molar-refractivity contribution in [2.75, 3.05) is 13.2 Å². The predicted molar refractivity (Wildman–Crippen MR) is 130 cm³/mol. The Morgan fingerprint density at radius 2 is 1.88 bits per heavy atom. The average Bonchev–Trinajstić information content (AvgIpc) is 2.87. The molecule has 0 saturated carbocycles. The van der Waals surface area contributed by atoms with Crippen LogP contribution in [-0.4, -0.2) is 35.1 Å². The normalized spacial score (nSPS) is 15.7. The van der Waals surface area contributed by atoms with E-state index in [4.69, 9.17) is 9.84 Å². The van der Waals surface area contributed by atoms with Gasteiger partial charge in [0.05, 0.1) is 0 Å². The number of fused-ring (bicyclic) bond motifs is 1. The second-order valence-corrected chi connectivity index (χ2v) is 8.69. The molecule has 176 valence electrons. The largest absolute Gasteiger partial charge is 0.482 e. The molecule has 3 aromatic rings. The lowest BCUT2D eigenvalue weighted by Crippen LogP contribution is -2.28. The van der Waals surface area contributed by atoms with E-state index in [1.54, 1.807) is 6.20 Å². The van der Waals surface area contributed by atoms with Crippen molar-refractivity contribution in [3.63, 3.8) is 0 Å². The lowest BCUT2D eigenvalue weighted by molar-refractivity contribution is -0.139. The number of hydrogen-bond donors (Lipinski definition) is 2. The van der Waals surface area contributed by atoms with E-state index in [1.165, 1.54) is 5.56 Å². The Labute approximate surface area is 200 Å². The van der Waals surface area contributed by atoms with Gasteiger partial charge in [-0.3, -0.25) is 9.78 Å². The van der Waals surface area contributed by atoms with Crippen molar-refractivity contribution in [1.29, 1.82) is 0 Å². The van der Waals surface area contributed by atoms with Crippen molar-refractivity contribution in [3.05, 3.63) is 95.3 Å². The number of pyridine rings is 1. The molecule has 1 aliphatic carbocycles. The van der Waals surface area contributed by atoms with Crippen molar-refractivity contribution in [1.82, 2.24) is 10.3 Å². The third kappa shape index (κ3) is 6.01. The number of carboxylic acids is 1. The molecule has 2 unspecified atom stereocenters. The summed E-state index contributed by atoms with van der Waals surface area (Å²) >= 11 is 0. The van der Waals surface area contributed by atoms with Gasteiger partial charge in [0.15, 0.2) is 6.61 Å². The molecule has 1 aliphatic rings. The second kappa shape index (κ2) is 11.5. The van der Waals surface area contributed by atoms with Crippen LogP contribution in [0.3, 0.4) is 0 Å². The van der Waals surface area contributed by atoms with Crippen LogP contribution in [0.25, 0.3) is 0 Å². The Bertz CT molecular complexity index is 1060. The Morgan fingerprint density at radius 3 is 2.65 bits per heavy atom. The minimum Gasteiger partial charge on any atom is -0.482 e. The molecule has 0 spiro atoms. The zero-order chi connectivity index (χ0) is 23.8. The molecule has 0 radical (unpaired) electrons. The summed E-state index contributed by atoms with van der Waals surface area (Å²) in [6.07, 6.45) is 7.73. The van der Waals surface area contributed by atoms with E-state index < -0.39 is 5.97 Å². The first kappa shape index (κ1) is 23.5. The van der Waals surface area contributed by atoms with Gasteiger partial charge in [0.25, 0.3) is 0 Å². The van der Waals surface area contributed by atoms with Crippen molar-refractivity contribution < 1.29 is 19.4 Å². The molecular formula is C28H30N2O4. The fourth-order valence-corrected chi connectivity index (χ4v) is 4.83. The summed E-state index contributed by atoms with van der Waals surface area (Å²) in [4.78, 5) is 28.0. The summed E-state index contributed by atoms with van der Waals surface area (Å²) in [6, 6.07) is 19.8. The zero-order valence-electron chi connectivity index (χ0n) is 19.2. The Kier molecular flexibility index (Phi) is 7.91. The van der Waals surface area contributed by atoms with Gasteiger partial charge in [-0.1, -0.05) is 48.5 Å². The maximum absolute atomic E-state index is 12.9. The van der Waals surface area contributed by atoms with Gasteiger partial charge < -0.3 is 15.2 Å². The van der Waals surface area contributed by atoms with Gasteiger partial charge >= 0.3 is 5.97 Å². The maximum atomic E-state index is 12.9. The molecule has 1 heterocycles. The van der Waals surface area contributed by atoms with E-state index in [-0.39, 0.29) is 18.4 Å². The van der Waals surface area contributed by atoms with E-state index in [2.05, 4.69) is 16.4 Å². The Hall–Kier alpha value is -3.67. The lowest BCUT2D eigenvalue weighted by Gasteiger charge is -2.27. The molecule has 1 aromatic heterocycles. The minimum atomic E-state index is -0.979. The third-order valence-electron chi connectivity index (χ3n) is 6.43. The van der Waals surface area contributed by atoms with Crippen molar-refractivity contribution in [3.8, 4) is 5.75 Å². The molecule has 6 nitrogen and oxygen atoms in total. The van der Waals surface area contributed by atoms with E-state index in [9.17, 15) is 9.59 Å². The monoisotopic (exact) mass is 458 g/mol. The van der Waals surface area contributed by atoms with Gasteiger partial charge in [0.2, 0.25) is 5.91 Å². The van der Waals surface area contributed by atoms with Gasteiger partial charge in [0, 0.05) is 31.3 Å². The fraction of sp³-hybridized carbons (Fsp3) is 0.321. The molecule has 0 bridgehead atoms. The lowest BCUT2D eigenvalue weighted by atomic mass is 9.80. The molecule has 6 heteroatoms. The van der Waals surface area contributed by atoms with Crippen LogP contribution in [0.1, 0.15) is 59.8 Å². The summed E-state index contributed by atoms with van der Waals surface area (Å²) in [5.74, 6) is -0.0178. The number of nitrogens with zero attached hydrogens (tertiary/aromatic N) is 1. The predicted octanol–water partition coefficient (Wildman–Crippen LogP) is 4.69. The van der Waals surface area contributed by atoms with Crippen LogP contribution in [0.5, 0.6) is 5.75 Å². The number of amides is 1. The highest BCUT2D eigenvalue weighted by Crippen LogP contribution is 2.38. The number of carboxylic acid groups (broad SMARTS) is 1. The quantitative estimate of drug-likeness (QED) is 0.460. The topological polar surface area (TPSA) is 88.5 Å². The number of aliphatic carboxylic acids is 1. The minimum absolute atomic E-state index is 0.0206. The highest BCUT2D eigenvalue weighted by molar-refractivity contribution is 5.77. The molecule has 0 fully saturated rings.